The van der Waals surface area contributed by atoms with Gasteiger partial charge in [-0.25, -0.2) is 4.39 Å². The van der Waals surface area contributed by atoms with Crippen LogP contribution in [0.25, 0.3) is 0 Å². The minimum absolute atomic E-state index is 0.0473. The second-order valence-electron chi connectivity index (χ2n) is 6.34. The van der Waals surface area contributed by atoms with Crippen LogP contribution < -0.4 is 15.0 Å². The Kier molecular flexibility index (Phi) is 6.12. The molecule has 0 unspecified atom stereocenters. The van der Waals surface area contributed by atoms with Crippen LogP contribution in [0.1, 0.15) is 0 Å². The number of hydrogen-bond acceptors (Lipinski definition) is 5. The molecule has 0 bridgehead atoms. The average Bonchev–Trinajstić information content (AvgIpc) is 2.73. The molecule has 0 atom stereocenters. The normalized spacial score (nSPS) is 14.4. The molecule has 1 saturated heterocycles. The summed E-state index contributed by atoms with van der Waals surface area (Å²) in [5.74, 6) is -0.0199. The minimum atomic E-state index is -0.450. The van der Waals surface area contributed by atoms with Gasteiger partial charge < -0.3 is 19.9 Å². The number of rotatable bonds is 5. The van der Waals surface area contributed by atoms with E-state index in [0.717, 1.165) is 18.8 Å². The molecule has 1 amide bonds. The Balaban J connectivity index is 1.59. The zero-order valence-electron chi connectivity index (χ0n) is 15.6. The van der Waals surface area contributed by atoms with Gasteiger partial charge in [0.25, 0.3) is 5.91 Å². The van der Waals surface area contributed by atoms with E-state index < -0.39 is 5.91 Å². The first-order valence-electron chi connectivity index (χ1n) is 8.91. The zero-order chi connectivity index (χ0) is 19.9. The van der Waals surface area contributed by atoms with Crippen molar-refractivity contribution in [1.82, 2.24) is 4.90 Å². The molecule has 2 aromatic carbocycles. The Hall–Kier alpha value is -3.53. The predicted molar refractivity (Wildman–Crippen MR) is 106 cm³/mol. The summed E-state index contributed by atoms with van der Waals surface area (Å²) in [5.41, 5.74) is 1.60. The van der Waals surface area contributed by atoms with E-state index in [4.69, 9.17) is 4.74 Å². The molecule has 0 spiro atoms. The van der Waals surface area contributed by atoms with E-state index in [1.807, 2.05) is 11.0 Å². The first-order valence-corrected chi connectivity index (χ1v) is 8.91. The number of ether oxygens (including phenoxy) is 1. The van der Waals surface area contributed by atoms with Gasteiger partial charge in [-0.2, -0.15) is 5.26 Å². The van der Waals surface area contributed by atoms with Gasteiger partial charge in [-0.1, -0.05) is 0 Å². The number of methoxy groups -OCH3 is 1. The van der Waals surface area contributed by atoms with Crippen LogP contribution in [0.15, 0.2) is 60.3 Å². The van der Waals surface area contributed by atoms with Crippen molar-refractivity contribution in [2.45, 2.75) is 0 Å². The average molecular weight is 380 g/mol. The van der Waals surface area contributed by atoms with Crippen molar-refractivity contribution in [3.63, 3.8) is 0 Å². The van der Waals surface area contributed by atoms with Gasteiger partial charge in [0.05, 0.1) is 7.11 Å². The molecular formula is C21H21FN4O2. The molecule has 1 N–H and O–H groups in total. The first kappa shape index (κ1) is 19.2. The van der Waals surface area contributed by atoms with Crippen molar-refractivity contribution in [2.24, 2.45) is 0 Å². The Bertz CT molecular complexity index is 880. The van der Waals surface area contributed by atoms with Crippen LogP contribution in [0, 0.1) is 17.1 Å². The highest BCUT2D eigenvalue weighted by molar-refractivity contribution is 6.06. The summed E-state index contributed by atoms with van der Waals surface area (Å²) in [6, 6.07) is 15.3. The van der Waals surface area contributed by atoms with Crippen molar-refractivity contribution in [3.8, 4) is 11.8 Å². The summed E-state index contributed by atoms with van der Waals surface area (Å²) in [6.45, 7) is 2.78. The molecule has 1 aliphatic rings. The van der Waals surface area contributed by atoms with E-state index in [1.54, 1.807) is 49.7 Å². The summed E-state index contributed by atoms with van der Waals surface area (Å²) in [4.78, 5) is 16.5. The first-order chi connectivity index (χ1) is 13.6. The van der Waals surface area contributed by atoms with Gasteiger partial charge in [-0.05, 0) is 48.5 Å². The highest BCUT2D eigenvalue weighted by Crippen LogP contribution is 2.18. The predicted octanol–water partition coefficient (Wildman–Crippen LogP) is 3.00. The van der Waals surface area contributed by atoms with Gasteiger partial charge in [-0.3, -0.25) is 4.79 Å². The Labute approximate surface area is 163 Å². The summed E-state index contributed by atoms with van der Waals surface area (Å²) in [7, 11) is 1.57. The molecule has 3 rings (SSSR count). The van der Waals surface area contributed by atoms with Gasteiger partial charge in [0.1, 0.15) is 23.2 Å². The van der Waals surface area contributed by atoms with Crippen molar-refractivity contribution < 1.29 is 13.9 Å². The van der Waals surface area contributed by atoms with Crippen molar-refractivity contribution >= 4 is 17.3 Å². The Morgan fingerprint density at radius 1 is 1.11 bits per heavy atom. The maximum absolute atomic E-state index is 13.1. The summed E-state index contributed by atoms with van der Waals surface area (Å²) < 4.78 is 18.1. The quantitative estimate of drug-likeness (QED) is 0.638. The third-order valence-electron chi connectivity index (χ3n) is 4.53. The Morgan fingerprint density at radius 2 is 1.75 bits per heavy atom. The molecule has 0 radical (unpaired) electrons. The van der Waals surface area contributed by atoms with Crippen molar-refractivity contribution in [2.75, 3.05) is 43.5 Å². The van der Waals surface area contributed by atoms with E-state index >= 15 is 0 Å². The number of nitriles is 1. The molecule has 2 aromatic rings. The van der Waals surface area contributed by atoms with Crippen LogP contribution >= 0.6 is 0 Å². The maximum Gasteiger partial charge on any atom is 0.267 e. The summed E-state index contributed by atoms with van der Waals surface area (Å²) >= 11 is 0. The monoisotopic (exact) mass is 380 g/mol. The minimum Gasteiger partial charge on any atom is -0.497 e. The smallest absolute Gasteiger partial charge is 0.267 e. The molecule has 1 heterocycles. The van der Waals surface area contributed by atoms with Crippen LogP contribution in [0.4, 0.5) is 15.8 Å². The number of halogens is 1. The lowest BCUT2D eigenvalue weighted by Crippen LogP contribution is -2.44. The summed E-state index contributed by atoms with van der Waals surface area (Å²) in [6.07, 6.45) is 1.60. The number of carbonyl (C=O) groups is 1. The molecule has 0 aromatic heterocycles. The topological polar surface area (TPSA) is 68.6 Å². The lowest BCUT2D eigenvalue weighted by molar-refractivity contribution is -0.112. The van der Waals surface area contributed by atoms with Gasteiger partial charge in [-0.15, -0.1) is 0 Å². The molecule has 1 aliphatic heterocycles. The standard InChI is InChI=1S/C21H21FN4O2/c1-28-20-8-4-18(5-9-20)24-21(27)16(14-23)15-25-10-12-26(13-11-25)19-6-2-17(22)3-7-19/h2-9,15H,10-13H2,1H3,(H,24,27)/b16-15-. The second-order valence-corrected chi connectivity index (χ2v) is 6.34. The van der Waals surface area contributed by atoms with E-state index in [9.17, 15) is 14.4 Å². The van der Waals surface area contributed by atoms with Gasteiger partial charge in [0.2, 0.25) is 0 Å². The molecule has 0 aliphatic carbocycles. The molecule has 1 fully saturated rings. The summed E-state index contributed by atoms with van der Waals surface area (Å²) in [5, 5.41) is 12.1. The number of amides is 1. The number of nitrogens with zero attached hydrogens (tertiary/aromatic N) is 3. The lowest BCUT2D eigenvalue weighted by Gasteiger charge is -2.35. The second kappa shape index (κ2) is 8.91. The van der Waals surface area contributed by atoms with Crippen molar-refractivity contribution in [1.29, 1.82) is 5.26 Å². The van der Waals surface area contributed by atoms with Crippen LogP contribution in [0.3, 0.4) is 0 Å². The number of carbonyl (C=O) groups excluding carboxylic acids is 1. The van der Waals surface area contributed by atoms with Crippen LogP contribution in [0.2, 0.25) is 0 Å². The molecule has 0 saturated carbocycles. The fourth-order valence-electron chi connectivity index (χ4n) is 2.95. The fourth-order valence-corrected chi connectivity index (χ4v) is 2.95. The van der Waals surface area contributed by atoms with E-state index in [-0.39, 0.29) is 11.4 Å². The highest BCUT2D eigenvalue weighted by atomic mass is 19.1. The molecule has 6 nitrogen and oxygen atoms in total. The highest BCUT2D eigenvalue weighted by Gasteiger charge is 2.18. The van der Waals surface area contributed by atoms with E-state index in [0.29, 0.717) is 24.5 Å². The largest absolute Gasteiger partial charge is 0.497 e. The van der Waals surface area contributed by atoms with E-state index in [2.05, 4.69) is 10.2 Å². The lowest BCUT2D eigenvalue weighted by atomic mass is 10.2. The van der Waals surface area contributed by atoms with Gasteiger partial charge >= 0.3 is 0 Å². The van der Waals surface area contributed by atoms with E-state index in [1.165, 1.54) is 12.1 Å². The van der Waals surface area contributed by atoms with Crippen LogP contribution in [0.5, 0.6) is 5.75 Å². The fraction of sp³-hybridized carbons (Fsp3) is 0.238. The molecule has 28 heavy (non-hydrogen) atoms. The third-order valence-corrected chi connectivity index (χ3v) is 4.53. The zero-order valence-corrected chi connectivity index (χ0v) is 15.6. The van der Waals surface area contributed by atoms with Crippen LogP contribution in [-0.2, 0) is 4.79 Å². The number of hydrogen-bond donors (Lipinski definition) is 1. The van der Waals surface area contributed by atoms with Gasteiger partial charge in [0.15, 0.2) is 0 Å². The maximum atomic E-state index is 13.1. The number of piperazine rings is 1. The van der Waals surface area contributed by atoms with Gasteiger partial charge in [0, 0.05) is 43.8 Å². The number of benzene rings is 2. The number of nitrogens with one attached hydrogen (secondary N) is 1. The third kappa shape index (κ3) is 4.80. The van der Waals surface area contributed by atoms with Crippen molar-refractivity contribution in [3.05, 3.63) is 66.1 Å². The number of anilines is 2. The molecule has 7 heteroatoms. The molecule has 144 valence electrons. The van der Waals surface area contributed by atoms with Crippen LogP contribution in [-0.4, -0.2) is 44.1 Å². The SMILES string of the molecule is COc1ccc(NC(=O)/C(C#N)=C\N2CCN(c3ccc(F)cc3)CC2)cc1. The molecular weight excluding hydrogens is 359 g/mol. The Morgan fingerprint density at radius 3 is 2.32 bits per heavy atom.